The highest BCUT2D eigenvalue weighted by molar-refractivity contribution is 5.85. The van der Waals surface area contributed by atoms with Crippen molar-refractivity contribution in [3.63, 3.8) is 0 Å². The zero-order chi connectivity index (χ0) is 22.1. The molecule has 0 aliphatic heterocycles. The van der Waals surface area contributed by atoms with Gasteiger partial charge in [0, 0.05) is 44.4 Å². The molecule has 2 N–H and O–H groups in total. The van der Waals surface area contributed by atoms with Crippen LogP contribution < -0.4 is 5.32 Å². The number of furan rings is 1. The molecule has 0 saturated carbocycles. The maximum absolute atomic E-state index is 14.7. The third kappa shape index (κ3) is 3.96. The number of hydrogen-bond acceptors (Lipinski definition) is 5. The second-order valence-corrected chi connectivity index (χ2v) is 7.51. The topological polar surface area (TPSA) is 84.6 Å². The van der Waals surface area contributed by atoms with Crippen molar-refractivity contribution in [2.24, 2.45) is 7.05 Å². The Morgan fingerprint density at radius 3 is 2.72 bits per heavy atom. The van der Waals surface area contributed by atoms with Crippen LogP contribution in [-0.2, 0) is 26.4 Å². The number of halogens is 2. The number of aromatic nitrogens is 5. The number of hydrogen-bond donors (Lipinski definition) is 2. The minimum absolute atomic E-state index is 0.0806. The summed E-state index contributed by atoms with van der Waals surface area (Å²) in [4.78, 5) is 12.1. The Morgan fingerprint density at radius 2 is 2.00 bits per heavy atom. The van der Waals surface area contributed by atoms with E-state index in [1.807, 2.05) is 12.1 Å². The first-order valence-electron chi connectivity index (χ1n) is 10.1. The zero-order valence-corrected chi connectivity index (χ0v) is 17.3. The van der Waals surface area contributed by atoms with Gasteiger partial charge in [-0.05, 0) is 35.9 Å². The second kappa shape index (κ2) is 8.26. The van der Waals surface area contributed by atoms with E-state index < -0.39 is 11.6 Å². The van der Waals surface area contributed by atoms with E-state index in [9.17, 15) is 8.78 Å². The predicted octanol–water partition coefficient (Wildman–Crippen LogP) is 4.63. The Balaban J connectivity index is 1.33. The highest BCUT2D eigenvalue weighted by Gasteiger charge is 2.15. The van der Waals surface area contributed by atoms with E-state index in [4.69, 9.17) is 4.42 Å². The van der Waals surface area contributed by atoms with Crippen LogP contribution in [0, 0.1) is 11.6 Å². The van der Waals surface area contributed by atoms with Gasteiger partial charge in [-0.15, -0.1) is 0 Å². The summed E-state index contributed by atoms with van der Waals surface area (Å²) in [5, 5.41) is 7.21. The highest BCUT2D eigenvalue weighted by Crippen LogP contribution is 2.27. The van der Waals surface area contributed by atoms with Gasteiger partial charge in [0.1, 0.15) is 28.7 Å². The Morgan fingerprint density at radius 1 is 1.16 bits per heavy atom. The van der Waals surface area contributed by atoms with Gasteiger partial charge in [-0.3, -0.25) is 4.68 Å². The smallest absolute Gasteiger partial charge is 0.179 e. The quantitative estimate of drug-likeness (QED) is 0.390. The number of aromatic amines is 1. The maximum Gasteiger partial charge on any atom is 0.179 e. The Hall–Kier alpha value is -4.01. The van der Waals surface area contributed by atoms with Crippen molar-refractivity contribution >= 4 is 16.9 Å². The predicted molar refractivity (Wildman–Crippen MR) is 116 cm³/mol. The molecule has 32 heavy (non-hydrogen) atoms. The first kappa shape index (κ1) is 19.9. The summed E-state index contributed by atoms with van der Waals surface area (Å²) < 4.78 is 36.2. The third-order valence-electron chi connectivity index (χ3n) is 5.21. The summed E-state index contributed by atoms with van der Waals surface area (Å²) >= 11 is 0. The van der Waals surface area contributed by atoms with Crippen molar-refractivity contribution in [2.75, 3.05) is 5.32 Å². The van der Waals surface area contributed by atoms with Gasteiger partial charge in [0.05, 0.1) is 23.7 Å². The molecular formula is C23H20F2N6O. The molecule has 5 aromatic rings. The molecule has 0 aliphatic carbocycles. The number of anilines is 1. The number of fused-ring (bicyclic) bond motifs is 1. The fourth-order valence-corrected chi connectivity index (χ4v) is 3.67. The van der Waals surface area contributed by atoms with Gasteiger partial charge in [-0.25, -0.2) is 18.7 Å². The van der Waals surface area contributed by atoms with Crippen LogP contribution in [0.3, 0.4) is 0 Å². The van der Waals surface area contributed by atoms with E-state index in [1.165, 1.54) is 23.0 Å². The van der Waals surface area contributed by atoms with Crippen LogP contribution in [-0.4, -0.2) is 24.7 Å². The average Bonchev–Trinajstić information content (AvgIpc) is 3.51. The van der Waals surface area contributed by atoms with E-state index >= 15 is 0 Å². The minimum Gasteiger partial charge on any atom is -0.469 e. The van der Waals surface area contributed by atoms with E-state index in [0.717, 1.165) is 29.2 Å². The van der Waals surface area contributed by atoms with Crippen molar-refractivity contribution < 1.29 is 13.2 Å². The molecule has 0 unspecified atom stereocenters. The van der Waals surface area contributed by atoms with E-state index in [-0.39, 0.29) is 12.1 Å². The molecule has 0 fully saturated rings. The summed E-state index contributed by atoms with van der Waals surface area (Å²) in [6.45, 7) is 0.237. The fraction of sp³-hybridized carbons (Fsp3) is 0.174. The highest BCUT2D eigenvalue weighted by atomic mass is 19.1. The van der Waals surface area contributed by atoms with Crippen molar-refractivity contribution in [1.29, 1.82) is 0 Å². The largest absolute Gasteiger partial charge is 0.469 e. The van der Waals surface area contributed by atoms with Gasteiger partial charge < -0.3 is 14.7 Å². The molecule has 0 amide bonds. The Bertz CT molecular complexity index is 1350. The molecular weight excluding hydrogens is 414 g/mol. The van der Waals surface area contributed by atoms with Gasteiger partial charge in [-0.1, -0.05) is 0 Å². The van der Waals surface area contributed by atoms with Crippen LogP contribution in [0.15, 0.2) is 59.6 Å². The number of pyridine rings is 1. The fourth-order valence-electron chi connectivity index (χ4n) is 3.67. The maximum atomic E-state index is 14.7. The lowest BCUT2D eigenvalue weighted by molar-refractivity contribution is 0.507. The van der Waals surface area contributed by atoms with Gasteiger partial charge >= 0.3 is 0 Å². The Labute approximate surface area is 182 Å². The first-order valence-corrected chi connectivity index (χ1v) is 10.1. The lowest BCUT2D eigenvalue weighted by atomic mass is 10.1. The molecule has 4 heterocycles. The summed E-state index contributed by atoms with van der Waals surface area (Å²) in [5.41, 5.74) is 2.88. The van der Waals surface area contributed by atoms with E-state index in [2.05, 4.69) is 25.4 Å². The minimum atomic E-state index is -0.628. The van der Waals surface area contributed by atoms with Crippen molar-refractivity contribution in [2.45, 2.75) is 19.4 Å². The Kier molecular flexibility index (Phi) is 5.14. The lowest BCUT2D eigenvalue weighted by Gasteiger charge is -2.10. The molecule has 4 aromatic heterocycles. The van der Waals surface area contributed by atoms with Crippen LogP contribution >= 0.6 is 0 Å². The number of aryl methyl sites for hydroxylation is 3. The van der Waals surface area contributed by atoms with E-state index in [1.54, 1.807) is 31.8 Å². The molecule has 0 bridgehead atoms. The van der Waals surface area contributed by atoms with E-state index in [0.29, 0.717) is 23.2 Å². The van der Waals surface area contributed by atoms with Crippen molar-refractivity contribution in [3.05, 3.63) is 84.0 Å². The van der Waals surface area contributed by atoms with Crippen LogP contribution in [0.5, 0.6) is 0 Å². The van der Waals surface area contributed by atoms with Gasteiger partial charge in [0.15, 0.2) is 5.65 Å². The summed E-state index contributed by atoms with van der Waals surface area (Å²) in [7, 11) is 1.70. The summed E-state index contributed by atoms with van der Waals surface area (Å²) in [6, 6.07) is 8.24. The first-order chi connectivity index (χ1) is 15.6. The molecule has 162 valence electrons. The normalized spacial score (nSPS) is 11.3. The van der Waals surface area contributed by atoms with Gasteiger partial charge in [0.2, 0.25) is 0 Å². The third-order valence-corrected chi connectivity index (χ3v) is 5.21. The molecule has 0 atom stereocenters. The number of imidazole rings is 1. The number of nitrogens with one attached hydrogen (secondary N) is 2. The monoisotopic (exact) mass is 434 g/mol. The lowest BCUT2D eigenvalue weighted by Crippen LogP contribution is -2.03. The molecule has 0 aliphatic rings. The number of rotatable bonds is 7. The summed E-state index contributed by atoms with van der Waals surface area (Å²) in [5.74, 6) is 0.416. The van der Waals surface area contributed by atoms with Crippen LogP contribution in [0.25, 0.3) is 22.3 Å². The molecule has 0 spiro atoms. The molecule has 5 rings (SSSR count). The second-order valence-electron chi connectivity index (χ2n) is 7.51. The summed E-state index contributed by atoms with van der Waals surface area (Å²) in [6.07, 6.45) is 7.71. The molecule has 0 radical (unpaired) electrons. The number of nitrogens with zero attached hydrogens (tertiary/aromatic N) is 4. The van der Waals surface area contributed by atoms with Crippen LogP contribution in [0.1, 0.15) is 17.1 Å². The molecule has 1 aromatic carbocycles. The van der Waals surface area contributed by atoms with Crippen LogP contribution in [0.4, 0.5) is 14.5 Å². The molecule has 0 saturated heterocycles. The average molecular weight is 434 g/mol. The molecule has 7 nitrogen and oxygen atoms in total. The van der Waals surface area contributed by atoms with Crippen molar-refractivity contribution in [3.8, 4) is 11.1 Å². The SMILES string of the molecule is Cn1cc(-c2c(F)cc(CNc3ccnc4nc(CCc5ccco5)[nH]c34)cc2F)cn1. The van der Waals surface area contributed by atoms with Crippen molar-refractivity contribution in [1.82, 2.24) is 24.7 Å². The molecule has 9 heteroatoms. The van der Waals surface area contributed by atoms with Gasteiger partial charge in [-0.2, -0.15) is 5.10 Å². The number of H-pyrrole nitrogens is 1. The van der Waals surface area contributed by atoms with Crippen LogP contribution in [0.2, 0.25) is 0 Å². The zero-order valence-electron chi connectivity index (χ0n) is 17.3. The number of benzene rings is 1. The van der Waals surface area contributed by atoms with Gasteiger partial charge in [0.25, 0.3) is 0 Å². The standard InChI is InChI=1S/C23H20F2N6O/c1-31-13-15(12-28-31)21-17(24)9-14(10-18(21)25)11-27-19-6-7-26-23-22(19)29-20(30-23)5-4-16-3-2-8-32-16/h2-3,6-10,12-13H,4-5,11H2,1H3,(H2,26,27,29,30).